The van der Waals surface area contributed by atoms with Gasteiger partial charge in [0.05, 0.1) is 0 Å². The van der Waals surface area contributed by atoms with Crippen LogP contribution in [0.1, 0.15) is 5.01 Å². The second kappa shape index (κ2) is 5.25. The van der Waals surface area contributed by atoms with E-state index in [2.05, 4.69) is 39.4 Å². The third-order valence-corrected chi connectivity index (χ3v) is 3.49. The number of rotatable bonds is 4. The van der Waals surface area contributed by atoms with Crippen molar-refractivity contribution >= 4 is 17.0 Å². The van der Waals surface area contributed by atoms with Crippen LogP contribution in [0.5, 0.6) is 0 Å². The van der Waals surface area contributed by atoms with Crippen molar-refractivity contribution in [1.29, 1.82) is 0 Å². The van der Waals surface area contributed by atoms with Gasteiger partial charge in [0.1, 0.15) is 10.0 Å². The highest BCUT2D eigenvalue weighted by atomic mass is 32.1. The summed E-state index contributed by atoms with van der Waals surface area (Å²) in [5.41, 5.74) is 7.78. The van der Waals surface area contributed by atoms with Crippen molar-refractivity contribution in [2.75, 3.05) is 25.5 Å². The zero-order valence-electron chi connectivity index (χ0n) is 10.1. The number of aromatic nitrogens is 2. The SMILES string of the molecule is CN(C)c1ccc(-c2nnc(CCN)s2)cc1. The smallest absolute Gasteiger partial charge is 0.147 e. The third-order valence-electron chi connectivity index (χ3n) is 2.46. The minimum atomic E-state index is 0.619. The summed E-state index contributed by atoms with van der Waals surface area (Å²) >= 11 is 1.61. The van der Waals surface area contributed by atoms with Crippen LogP contribution in [0.15, 0.2) is 24.3 Å². The van der Waals surface area contributed by atoms with Crippen LogP contribution in [0, 0.1) is 0 Å². The zero-order valence-corrected chi connectivity index (χ0v) is 10.9. The monoisotopic (exact) mass is 248 g/mol. The van der Waals surface area contributed by atoms with Crippen molar-refractivity contribution < 1.29 is 0 Å². The minimum absolute atomic E-state index is 0.619. The fourth-order valence-electron chi connectivity index (χ4n) is 1.50. The van der Waals surface area contributed by atoms with E-state index in [1.165, 1.54) is 5.69 Å². The lowest BCUT2D eigenvalue weighted by Crippen LogP contribution is -2.07. The predicted octanol–water partition coefficient (Wildman–Crippen LogP) is 1.77. The Morgan fingerprint density at radius 3 is 2.47 bits per heavy atom. The van der Waals surface area contributed by atoms with Gasteiger partial charge in [-0.25, -0.2) is 0 Å². The van der Waals surface area contributed by atoms with Crippen LogP contribution in [0.2, 0.25) is 0 Å². The van der Waals surface area contributed by atoms with Crippen molar-refractivity contribution in [2.45, 2.75) is 6.42 Å². The van der Waals surface area contributed by atoms with Gasteiger partial charge in [0.2, 0.25) is 0 Å². The highest BCUT2D eigenvalue weighted by Gasteiger charge is 2.06. The van der Waals surface area contributed by atoms with E-state index in [4.69, 9.17) is 5.73 Å². The lowest BCUT2D eigenvalue weighted by molar-refractivity contribution is 0.913. The van der Waals surface area contributed by atoms with Gasteiger partial charge in [-0.05, 0) is 30.8 Å². The number of nitrogens with two attached hydrogens (primary N) is 1. The first-order valence-corrected chi connectivity index (χ1v) is 6.32. The summed E-state index contributed by atoms with van der Waals surface area (Å²) < 4.78 is 0. The van der Waals surface area contributed by atoms with Crippen LogP contribution >= 0.6 is 11.3 Å². The molecule has 0 radical (unpaired) electrons. The Hall–Kier alpha value is -1.46. The molecule has 2 N–H and O–H groups in total. The van der Waals surface area contributed by atoms with Crippen LogP contribution in [0.3, 0.4) is 0 Å². The summed E-state index contributed by atoms with van der Waals surface area (Å²) in [5.74, 6) is 0. The molecule has 0 bridgehead atoms. The summed E-state index contributed by atoms with van der Waals surface area (Å²) in [4.78, 5) is 2.07. The lowest BCUT2D eigenvalue weighted by Gasteiger charge is -2.11. The zero-order chi connectivity index (χ0) is 12.3. The van der Waals surface area contributed by atoms with Gasteiger partial charge in [0.25, 0.3) is 0 Å². The molecule has 0 saturated heterocycles. The summed E-state index contributed by atoms with van der Waals surface area (Å²) in [6.07, 6.45) is 0.799. The normalized spacial score (nSPS) is 10.5. The molecule has 0 aliphatic rings. The van der Waals surface area contributed by atoms with E-state index in [0.29, 0.717) is 6.54 Å². The van der Waals surface area contributed by atoms with Crippen molar-refractivity contribution in [1.82, 2.24) is 10.2 Å². The molecule has 0 amide bonds. The fraction of sp³-hybridized carbons (Fsp3) is 0.333. The van der Waals surface area contributed by atoms with Crippen LogP contribution < -0.4 is 10.6 Å². The standard InChI is InChI=1S/C12H16N4S/c1-16(2)10-5-3-9(4-6-10)12-15-14-11(17-12)7-8-13/h3-6H,7-8,13H2,1-2H3. The molecule has 0 saturated carbocycles. The quantitative estimate of drug-likeness (QED) is 0.896. The molecule has 1 heterocycles. The topological polar surface area (TPSA) is 55.0 Å². The Labute approximate surface area is 105 Å². The van der Waals surface area contributed by atoms with Gasteiger partial charge in [0, 0.05) is 31.8 Å². The van der Waals surface area contributed by atoms with Crippen LogP contribution in [0.4, 0.5) is 5.69 Å². The molecule has 0 unspecified atom stereocenters. The summed E-state index contributed by atoms with van der Waals surface area (Å²) in [5, 5.41) is 10.3. The number of nitrogens with zero attached hydrogens (tertiary/aromatic N) is 3. The lowest BCUT2D eigenvalue weighted by atomic mass is 10.2. The van der Waals surface area contributed by atoms with Gasteiger partial charge < -0.3 is 10.6 Å². The maximum absolute atomic E-state index is 5.50. The predicted molar refractivity (Wildman–Crippen MR) is 72.4 cm³/mol. The molecular weight excluding hydrogens is 232 g/mol. The Kier molecular flexibility index (Phi) is 3.71. The minimum Gasteiger partial charge on any atom is -0.378 e. The van der Waals surface area contributed by atoms with Crippen LogP contribution in [-0.2, 0) is 6.42 Å². The van der Waals surface area contributed by atoms with Crippen LogP contribution in [-0.4, -0.2) is 30.8 Å². The van der Waals surface area contributed by atoms with Gasteiger partial charge in [-0.3, -0.25) is 0 Å². The molecule has 2 rings (SSSR count). The number of benzene rings is 1. The van der Waals surface area contributed by atoms with E-state index in [1.54, 1.807) is 11.3 Å². The molecule has 90 valence electrons. The highest BCUT2D eigenvalue weighted by Crippen LogP contribution is 2.25. The average Bonchev–Trinajstić information content (AvgIpc) is 2.78. The van der Waals surface area contributed by atoms with E-state index in [9.17, 15) is 0 Å². The molecule has 1 aromatic carbocycles. The summed E-state index contributed by atoms with van der Waals surface area (Å²) in [6, 6.07) is 8.31. The van der Waals surface area contributed by atoms with E-state index >= 15 is 0 Å². The van der Waals surface area contributed by atoms with Crippen LogP contribution in [0.25, 0.3) is 10.6 Å². The number of anilines is 1. The molecule has 4 nitrogen and oxygen atoms in total. The number of hydrogen-bond donors (Lipinski definition) is 1. The molecule has 2 aromatic rings. The van der Waals surface area contributed by atoms with Crippen molar-refractivity contribution in [2.24, 2.45) is 5.73 Å². The molecule has 17 heavy (non-hydrogen) atoms. The molecule has 0 fully saturated rings. The Morgan fingerprint density at radius 2 is 1.88 bits per heavy atom. The van der Waals surface area contributed by atoms with Crippen molar-refractivity contribution in [3.05, 3.63) is 29.3 Å². The van der Waals surface area contributed by atoms with Gasteiger partial charge in [0.15, 0.2) is 0 Å². The Balaban J connectivity index is 2.21. The van der Waals surface area contributed by atoms with Gasteiger partial charge in [-0.1, -0.05) is 11.3 Å². The first-order chi connectivity index (χ1) is 8.20. The molecular formula is C12H16N4S. The van der Waals surface area contributed by atoms with E-state index in [0.717, 1.165) is 22.0 Å². The number of hydrogen-bond acceptors (Lipinski definition) is 5. The maximum Gasteiger partial charge on any atom is 0.147 e. The second-order valence-electron chi connectivity index (χ2n) is 3.98. The van der Waals surface area contributed by atoms with Gasteiger partial charge in [-0.15, -0.1) is 10.2 Å². The Bertz CT molecular complexity index is 476. The molecule has 1 aromatic heterocycles. The molecule has 0 atom stereocenters. The van der Waals surface area contributed by atoms with E-state index in [1.807, 2.05) is 14.1 Å². The van der Waals surface area contributed by atoms with E-state index in [-0.39, 0.29) is 0 Å². The largest absolute Gasteiger partial charge is 0.378 e. The molecule has 0 spiro atoms. The van der Waals surface area contributed by atoms with Gasteiger partial charge in [-0.2, -0.15) is 0 Å². The fourth-order valence-corrected chi connectivity index (χ4v) is 2.36. The second-order valence-corrected chi connectivity index (χ2v) is 5.04. The molecule has 0 aliphatic carbocycles. The molecule has 0 aliphatic heterocycles. The highest BCUT2D eigenvalue weighted by molar-refractivity contribution is 7.14. The first kappa shape index (κ1) is 12.0. The maximum atomic E-state index is 5.50. The Morgan fingerprint density at radius 1 is 1.18 bits per heavy atom. The van der Waals surface area contributed by atoms with Gasteiger partial charge >= 0.3 is 0 Å². The third kappa shape index (κ3) is 2.81. The first-order valence-electron chi connectivity index (χ1n) is 5.51. The molecule has 5 heteroatoms. The average molecular weight is 248 g/mol. The van der Waals surface area contributed by atoms with E-state index < -0.39 is 0 Å². The van der Waals surface area contributed by atoms with Crippen molar-refractivity contribution in [3.63, 3.8) is 0 Å². The summed E-state index contributed by atoms with van der Waals surface area (Å²) in [6.45, 7) is 0.619. The summed E-state index contributed by atoms with van der Waals surface area (Å²) in [7, 11) is 4.05. The van der Waals surface area contributed by atoms with Crippen molar-refractivity contribution in [3.8, 4) is 10.6 Å².